The summed E-state index contributed by atoms with van der Waals surface area (Å²) >= 11 is 0. The fraction of sp³-hybridized carbons (Fsp3) is 0.625. The van der Waals surface area contributed by atoms with Gasteiger partial charge in [0.1, 0.15) is 5.54 Å². The molecule has 8 heteroatoms. The van der Waals surface area contributed by atoms with E-state index in [2.05, 4.69) is 4.90 Å². The van der Waals surface area contributed by atoms with E-state index in [4.69, 9.17) is 5.73 Å². The van der Waals surface area contributed by atoms with E-state index in [1.54, 1.807) is 11.0 Å². The number of urea groups is 1. The lowest BCUT2D eigenvalue weighted by molar-refractivity contribution is -0.184. The van der Waals surface area contributed by atoms with Crippen molar-refractivity contribution in [2.75, 3.05) is 26.7 Å². The first-order valence-electron chi connectivity index (χ1n) is 11.6. The Morgan fingerprint density at radius 3 is 2.59 bits per heavy atom. The SMILES string of the molecule is CCN1C(=O)N(CC)C2(CCC3(O)C4Cc5ccc(C(N)=O)cc5C3(CCN4C)C2)C1=O. The number of likely N-dealkylation sites (N-methyl/N-ethyl adjacent to an activating group) is 3. The number of imide groups is 1. The average Bonchev–Trinajstić information content (AvgIpc) is 2.96. The van der Waals surface area contributed by atoms with Gasteiger partial charge < -0.3 is 20.6 Å². The van der Waals surface area contributed by atoms with Crippen LogP contribution in [-0.4, -0.2) is 81.5 Å². The van der Waals surface area contributed by atoms with Crippen molar-refractivity contribution in [2.45, 2.75) is 68.5 Å². The Labute approximate surface area is 188 Å². The van der Waals surface area contributed by atoms with Crippen molar-refractivity contribution < 1.29 is 19.5 Å². The largest absolute Gasteiger partial charge is 0.387 e. The van der Waals surface area contributed by atoms with Gasteiger partial charge in [0.2, 0.25) is 5.91 Å². The summed E-state index contributed by atoms with van der Waals surface area (Å²) in [5.41, 5.74) is 5.29. The van der Waals surface area contributed by atoms with Crippen LogP contribution in [0.2, 0.25) is 0 Å². The number of hydrogen-bond acceptors (Lipinski definition) is 5. The summed E-state index contributed by atoms with van der Waals surface area (Å²) in [5.74, 6) is -0.662. The minimum Gasteiger partial charge on any atom is -0.387 e. The Hall–Kier alpha value is -2.45. The van der Waals surface area contributed by atoms with Gasteiger partial charge in [-0.1, -0.05) is 6.07 Å². The quantitative estimate of drug-likeness (QED) is 0.688. The molecule has 4 aliphatic rings. The lowest BCUT2D eigenvalue weighted by Gasteiger charge is -2.66. The molecule has 2 aliphatic carbocycles. The van der Waals surface area contributed by atoms with Crippen LogP contribution < -0.4 is 5.73 Å². The van der Waals surface area contributed by atoms with E-state index in [1.165, 1.54) is 4.90 Å². The third-order valence-corrected chi connectivity index (χ3v) is 8.89. The third-order valence-electron chi connectivity index (χ3n) is 8.89. The molecular formula is C24H32N4O4. The first kappa shape index (κ1) is 21.4. The molecule has 1 aromatic carbocycles. The zero-order valence-electron chi connectivity index (χ0n) is 19.1. The molecule has 32 heavy (non-hydrogen) atoms. The number of hydrogen-bond donors (Lipinski definition) is 2. The Morgan fingerprint density at radius 1 is 1.19 bits per heavy atom. The second-order valence-corrected chi connectivity index (χ2v) is 9.98. The van der Waals surface area contributed by atoms with Gasteiger partial charge >= 0.3 is 6.03 Å². The van der Waals surface area contributed by atoms with E-state index in [0.717, 1.165) is 17.7 Å². The van der Waals surface area contributed by atoms with E-state index in [-0.39, 0.29) is 18.0 Å². The van der Waals surface area contributed by atoms with Crippen molar-refractivity contribution in [2.24, 2.45) is 5.73 Å². The summed E-state index contributed by atoms with van der Waals surface area (Å²) in [4.78, 5) is 44.1. The number of carbonyl (C=O) groups is 3. The topological polar surface area (TPSA) is 107 Å². The number of fused-ring (bicyclic) bond motifs is 1. The summed E-state index contributed by atoms with van der Waals surface area (Å²) in [5, 5.41) is 12.3. The molecule has 2 saturated heterocycles. The molecule has 3 N–H and O–H groups in total. The zero-order chi connectivity index (χ0) is 23.1. The monoisotopic (exact) mass is 440 g/mol. The number of carbonyl (C=O) groups excluding carboxylic acids is 3. The normalized spacial score (nSPS) is 36.4. The first-order chi connectivity index (χ1) is 15.1. The molecule has 0 radical (unpaired) electrons. The number of likely N-dealkylation sites (tertiary alicyclic amines) is 1. The lowest BCUT2D eigenvalue weighted by atomic mass is 9.46. The summed E-state index contributed by atoms with van der Waals surface area (Å²) < 4.78 is 0. The van der Waals surface area contributed by atoms with Gasteiger partial charge in [-0.05, 0) is 82.8 Å². The van der Waals surface area contributed by atoms with Crippen LogP contribution in [0.4, 0.5) is 4.79 Å². The Kier molecular flexibility index (Phi) is 4.53. The van der Waals surface area contributed by atoms with Crippen LogP contribution in [0.3, 0.4) is 0 Å². The van der Waals surface area contributed by atoms with Crippen molar-refractivity contribution in [3.05, 3.63) is 34.9 Å². The van der Waals surface area contributed by atoms with Gasteiger partial charge in [-0.25, -0.2) is 4.79 Å². The van der Waals surface area contributed by atoms with Crippen molar-refractivity contribution >= 4 is 17.8 Å². The number of amides is 4. The molecule has 2 bridgehead atoms. The Balaban J connectivity index is 1.73. The van der Waals surface area contributed by atoms with Crippen LogP contribution in [0.25, 0.3) is 0 Å². The summed E-state index contributed by atoms with van der Waals surface area (Å²) in [6.07, 6.45) is 2.57. The zero-order valence-corrected chi connectivity index (χ0v) is 19.1. The highest BCUT2D eigenvalue weighted by atomic mass is 16.3. The highest BCUT2D eigenvalue weighted by Gasteiger charge is 2.71. The summed E-state index contributed by atoms with van der Waals surface area (Å²) in [6.45, 7) is 5.27. The van der Waals surface area contributed by atoms with E-state index >= 15 is 0 Å². The van der Waals surface area contributed by atoms with Gasteiger partial charge in [0.05, 0.1) is 5.60 Å². The molecule has 4 atom stereocenters. The van der Waals surface area contributed by atoms with Gasteiger partial charge in [-0.15, -0.1) is 0 Å². The third kappa shape index (κ3) is 2.37. The first-order valence-corrected chi connectivity index (χ1v) is 11.6. The Morgan fingerprint density at radius 2 is 1.94 bits per heavy atom. The number of nitrogens with two attached hydrogens (primary N) is 1. The van der Waals surface area contributed by atoms with Crippen LogP contribution in [0.15, 0.2) is 18.2 Å². The van der Waals surface area contributed by atoms with Gasteiger partial charge in [-0.3, -0.25) is 14.5 Å². The van der Waals surface area contributed by atoms with Gasteiger partial charge in [0.25, 0.3) is 5.91 Å². The van der Waals surface area contributed by atoms with Crippen molar-refractivity contribution in [3.63, 3.8) is 0 Å². The maximum absolute atomic E-state index is 13.7. The van der Waals surface area contributed by atoms with Crippen LogP contribution in [0.1, 0.15) is 61.0 Å². The maximum Gasteiger partial charge on any atom is 0.327 e. The molecular weight excluding hydrogens is 408 g/mol. The smallest absolute Gasteiger partial charge is 0.327 e. The van der Waals surface area contributed by atoms with Crippen LogP contribution in [0.5, 0.6) is 0 Å². The highest BCUT2D eigenvalue weighted by Crippen LogP contribution is 2.61. The standard InChI is InChI=1S/C24H32N4O4/c1-4-27-20(30)23(28(5-2)21(27)31)8-9-24(32)18-13-15-6-7-16(19(25)29)12-17(15)22(24,14-23)10-11-26(18)3/h6-7,12,18,32H,4-5,8-11,13-14H2,1-3H3,(H2,25,29). The van der Waals surface area contributed by atoms with Crippen LogP contribution >= 0.6 is 0 Å². The van der Waals surface area contributed by atoms with Gasteiger partial charge in [-0.2, -0.15) is 0 Å². The molecule has 5 rings (SSSR count). The molecule has 0 aromatic heterocycles. The van der Waals surface area contributed by atoms with Crippen molar-refractivity contribution in [3.8, 4) is 0 Å². The van der Waals surface area contributed by atoms with Gasteiger partial charge in [0, 0.05) is 30.1 Å². The minimum atomic E-state index is -1.04. The molecule has 2 aliphatic heterocycles. The van der Waals surface area contributed by atoms with Crippen molar-refractivity contribution in [1.82, 2.24) is 14.7 Å². The number of rotatable bonds is 3. The van der Waals surface area contributed by atoms with E-state index < -0.39 is 22.5 Å². The number of nitrogens with zero attached hydrogens (tertiary/aromatic N) is 3. The second-order valence-electron chi connectivity index (χ2n) is 9.98. The molecule has 1 spiro atoms. The predicted molar refractivity (Wildman–Crippen MR) is 118 cm³/mol. The number of primary amides is 1. The molecule has 172 valence electrons. The summed E-state index contributed by atoms with van der Waals surface area (Å²) in [7, 11) is 2.04. The molecule has 8 nitrogen and oxygen atoms in total. The van der Waals surface area contributed by atoms with Crippen LogP contribution in [0, 0.1) is 0 Å². The highest BCUT2D eigenvalue weighted by molar-refractivity contribution is 6.07. The van der Waals surface area contributed by atoms with Crippen molar-refractivity contribution in [1.29, 1.82) is 0 Å². The number of piperidine rings is 1. The molecule has 1 aromatic rings. The van der Waals surface area contributed by atoms with Crippen LogP contribution in [-0.2, 0) is 16.6 Å². The van der Waals surface area contributed by atoms with E-state index in [9.17, 15) is 19.5 Å². The molecule has 1 saturated carbocycles. The summed E-state index contributed by atoms with van der Waals surface area (Å²) in [6, 6.07) is 5.20. The van der Waals surface area contributed by atoms with Gasteiger partial charge in [0.15, 0.2) is 0 Å². The molecule has 4 amide bonds. The number of benzene rings is 1. The molecule has 2 heterocycles. The molecule has 4 unspecified atom stereocenters. The maximum atomic E-state index is 13.7. The average molecular weight is 441 g/mol. The molecule has 3 fully saturated rings. The number of aliphatic hydroxyl groups is 1. The van der Waals surface area contributed by atoms with E-state index in [1.807, 2.05) is 33.0 Å². The Bertz CT molecular complexity index is 1030. The minimum absolute atomic E-state index is 0.0786. The fourth-order valence-corrected chi connectivity index (χ4v) is 7.32. The predicted octanol–water partition coefficient (Wildman–Crippen LogP) is 1.24. The van der Waals surface area contributed by atoms with E-state index in [0.29, 0.717) is 50.8 Å². The fourth-order valence-electron chi connectivity index (χ4n) is 7.32. The second kappa shape index (κ2) is 6.78. The lowest BCUT2D eigenvalue weighted by Crippen LogP contribution is -2.76.